The summed E-state index contributed by atoms with van der Waals surface area (Å²) in [7, 11) is 2.57. The molecule has 1 rings (SSSR count). The van der Waals surface area contributed by atoms with E-state index in [9.17, 15) is 9.59 Å². The first-order chi connectivity index (χ1) is 10.9. The molecule has 0 aliphatic heterocycles. The van der Waals surface area contributed by atoms with Crippen LogP contribution in [0.15, 0.2) is 29.9 Å². The summed E-state index contributed by atoms with van der Waals surface area (Å²) in [6.07, 6.45) is 4.28. The van der Waals surface area contributed by atoms with Gasteiger partial charge in [0.2, 0.25) is 0 Å². The average molecular weight is 359 g/mol. The highest BCUT2D eigenvalue weighted by atomic mass is 35.5. The molecule has 0 bridgehead atoms. The van der Waals surface area contributed by atoms with E-state index in [2.05, 4.69) is 9.47 Å². The maximum atomic E-state index is 11.5. The number of hydrogen-bond acceptors (Lipinski definition) is 5. The minimum atomic E-state index is -0.488. The van der Waals surface area contributed by atoms with Crippen molar-refractivity contribution >= 4 is 41.2 Å². The van der Waals surface area contributed by atoms with Gasteiger partial charge in [0.1, 0.15) is 12.4 Å². The van der Waals surface area contributed by atoms with E-state index in [1.165, 1.54) is 32.4 Å². The van der Waals surface area contributed by atoms with Crippen molar-refractivity contribution in [3.8, 4) is 5.75 Å². The zero-order valence-electron chi connectivity index (χ0n) is 12.9. The molecule has 0 saturated carbocycles. The van der Waals surface area contributed by atoms with Gasteiger partial charge in [-0.05, 0) is 31.2 Å². The lowest BCUT2D eigenvalue weighted by Crippen LogP contribution is -2.02. The van der Waals surface area contributed by atoms with Crippen molar-refractivity contribution in [1.82, 2.24) is 0 Å². The first-order valence-electron chi connectivity index (χ1n) is 6.52. The fourth-order valence-corrected chi connectivity index (χ4v) is 2.20. The Kier molecular flexibility index (Phi) is 7.65. The summed E-state index contributed by atoms with van der Waals surface area (Å²) in [4.78, 5) is 22.5. The predicted octanol–water partition coefficient (Wildman–Crippen LogP) is 3.68. The quantitative estimate of drug-likeness (QED) is 0.573. The van der Waals surface area contributed by atoms with Crippen molar-refractivity contribution in [3.05, 3.63) is 45.5 Å². The van der Waals surface area contributed by atoms with Crippen LogP contribution in [0.4, 0.5) is 0 Å². The Morgan fingerprint density at radius 1 is 1.17 bits per heavy atom. The predicted molar refractivity (Wildman–Crippen MR) is 88.8 cm³/mol. The molecule has 0 aliphatic rings. The van der Waals surface area contributed by atoms with Crippen LogP contribution < -0.4 is 4.74 Å². The van der Waals surface area contributed by atoms with E-state index in [1.807, 2.05) is 0 Å². The zero-order valence-corrected chi connectivity index (χ0v) is 14.4. The molecular formula is C16H16Cl2O5. The topological polar surface area (TPSA) is 61.8 Å². The monoisotopic (exact) mass is 358 g/mol. The molecule has 0 atom stereocenters. The van der Waals surface area contributed by atoms with Crippen molar-refractivity contribution in [2.45, 2.75) is 6.92 Å². The second-order valence-electron chi connectivity index (χ2n) is 4.36. The van der Waals surface area contributed by atoms with E-state index in [0.29, 0.717) is 21.9 Å². The molecule has 0 aliphatic carbocycles. The molecule has 0 heterocycles. The van der Waals surface area contributed by atoms with Crippen LogP contribution in [0.3, 0.4) is 0 Å². The van der Waals surface area contributed by atoms with Crippen LogP contribution in [0.2, 0.25) is 10.0 Å². The molecule has 0 amide bonds. The molecule has 0 radical (unpaired) electrons. The molecule has 124 valence electrons. The Morgan fingerprint density at radius 3 is 2.48 bits per heavy atom. The smallest absolute Gasteiger partial charge is 0.333 e. The first-order valence-corrected chi connectivity index (χ1v) is 7.27. The van der Waals surface area contributed by atoms with Crippen LogP contribution in [0.1, 0.15) is 12.5 Å². The second-order valence-corrected chi connectivity index (χ2v) is 5.21. The summed E-state index contributed by atoms with van der Waals surface area (Å²) in [6, 6.07) is 3.13. The molecule has 0 N–H and O–H groups in total. The van der Waals surface area contributed by atoms with Crippen molar-refractivity contribution in [2.24, 2.45) is 0 Å². The normalized spacial score (nSPS) is 11.4. The van der Waals surface area contributed by atoms with Crippen molar-refractivity contribution in [3.63, 3.8) is 0 Å². The molecule has 0 unspecified atom stereocenters. The van der Waals surface area contributed by atoms with Gasteiger partial charge < -0.3 is 14.2 Å². The number of rotatable bonds is 6. The van der Waals surface area contributed by atoms with Gasteiger partial charge in [0.25, 0.3) is 0 Å². The van der Waals surface area contributed by atoms with Crippen LogP contribution >= 0.6 is 23.2 Å². The lowest BCUT2D eigenvalue weighted by Gasteiger charge is -2.11. The van der Waals surface area contributed by atoms with E-state index in [4.69, 9.17) is 27.9 Å². The Labute approximate surface area is 144 Å². The third kappa shape index (κ3) is 5.96. The first kappa shape index (κ1) is 19.1. The van der Waals surface area contributed by atoms with Gasteiger partial charge >= 0.3 is 11.9 Å². The Bertz CT molecular complexity index is 650. The minimum Gasteiger partial charge on any atom is -0.487 e. The molecule has 1 aromatic rings. The molecular weight excluding hydrogens is 343 g/mol. The van der Waals surface area contributed by atoms with Crippen LogP contribution in [0, 0.1) is 0 Å². The highest BCUT2D eigenvalue weighted by molar-refractivity contribution is 6.36. The lowest BCUT2D eigenvalue weighted by molar-refractivity contribution is -0.136. The fourth-order valence-electron chi connectivity index (χ4n) is 1.64. The van der Waals surface area contributed by atoms with Gasteiger partial charge in [-0.2, -0.15) is 0 Å². The van der Waals surface area contributed by atoms with Crippen LogP contribution in [0.5, 0.6) is 5.75 Å². The van der Waals surface area contributed by atoms with Crippen LogP contribution in [-0.2, 0) is 19.1 Å². The van der Waals surface area contributed by atoms with Gasteiger partial charge in [0.15, 0.2) is 0 Å². The highest BCUT2D eigenvalue weighted by Gasteiger charge is 2.11. The number of ether oxygens (including phenoxy) is 3. The highest BCUT2D eigenvalue weighted by Crippen LogP contribution is 2.34. The van der Waals surface area contributed by atoms with Gasteiger partial charge in [-0.3, -0.25) is 0 Å². The number of carbonyl (C=O) groups excluding carboxylic acids is 2. The maximum Gasteiger partial charge on any atom is 0.333 e. The summed E-state index contributed by atoms with van der Waals surface area (Å²) >= 11 is 12.1. The average Bonchev–Trinajstić information content (AvgIpc) is 2.51. The van der Waals surface area contributed by atoms with Gasteiger partial charge in [0, 0.05) is 22.2 Å². The number of hydrogen-bond donors (Lipinski definition) is 0. The molecule has 7 heteroatoms. The molecule has 0 spiro atoms. The Balaban J connectivity index is 3.04. The number of methoxy groups -OCH3 is 2. The van der Waals surface area contributed by atoms with E-state index in [0.717, 1.165) is 0 Å². The molecule has 1 aromatic carbocycles. The van der Waals surface area contributed by atoms with E-state index < -0.39 is 11.9 Å². The number of benzene rings is 1. The van der Waals surface area contributed by atoms with Crippen molar-refractivity contribution in [1.29, 1.82) is 0 Å². The summed E-state index contributed by atoms with van der Waals surface area (Å²) in [6.45, 7) is 1.69. The van der Waals surface area contributed by atoms with Crippen molar-refractivity contribution in [2.75, 3.05) is 20.8 Å². The third-order valence-electron chi connectivity index (χ3n) is 2.70. The second kappa shape index (κ2) is 9.22. The number of halogens is 2. The van der Waals surface area contributed by atoms with E-state index in [1.54, 1.807) is 19.1 Å². The van der Waals surface area contributed by atoms with Crippen LogP contribution in [-0.4, -0.2) is 32.8 Å². The Hall–Kier alpha value is -1.98. The van der Waals surface area contributed by atoms with Gasteiger partial charge in [0.05, 0.1) is 19.2 Å². The summed E-state index contributed by atoms with van der Waals surface area (Å²) < 4.78 is 14.7. The minimum absolute atomic E-state index is 0.0918. The van der Waals surface area contributed by atoms with E-state index in [-0.39, 0.29) is 11.6 Å². The van der Waals surface area contributed by atoms with Crippen LogP contribution in [0.25, 0.3) is 6.08 Å². The standard InChI is InChI=1S/C16H16Cl2O5/c1-10(16(20)22-3)7-11-8-12(17)9-13(18)15(11)23-6-4-5-14(19)21-2/h4-5,7-9H,6H2,1-3H3/b5-4+,10-7+. The summed E-state index contributed by atoms with van der Waals surface area (Å²) in [5, 5.41) is 0.684. The fraction of sp³-hybridized carbons (Fsp3) is 0.250. The van der Waals surface area contributed by atoms with Gasteiger partial charge in [-0.15, -0.1) is 0 Å². The summed E-state index contributed by atoms with van der Waals surface area (Å²) in [5.74, 6) is -0.621. The third-order valence-corrected chi connectivity index (χ3v) is 3.19. The summed E-state index contributed by atoms with van der Waals surface area (Å²) in [5.41, 5.74) is 0.887. The number of esters is 2. The van der Waals surface area contributed by atoms with Gasteiger partial charge in [-0.25, -0.2) is 9.59 Å². The maximum absolute atomic E-state index is 11.5. The lowest BCUT2D eigenvalue weighted by atomic mass is 10.1. The van der Waals surface area contributed by atoms with E-state index >= 15 is 0 Å². The zero-order chi connectivity index (χ0) is 17.4. The molecule has 0 aromatic heterocycles. The van der Waals surface area contributed by atoms with Gasteiger partial charge in [-0.1, -0.05) is 23.2 Å². The molecule has 0 fully saturated rings. The SMILES string of the molecule is COC(=O)/C=C/COc1c(Cl)cc(Cl)cc1/C=C(\C)C(=O)OC. The molecule has 23 heavy (non-hydrogen) atoms. The largest absolute Gasteiger partial charge is 0.487 e. The van der Waals surface area contributed by atoms with Crippen molar-refractivity contribution < 1.29 is 23.8 Å². The number of carbonyl (C=O) groups is 2. The molecule has 5 nitrogen and oxygen atoms in total. The molecule has 0 saturated heterocycles. The Morgan fingerprint density at radius 2 is 1.87 bits per heavy atom.